The van der Waals surface area contributed by atoms with Gasteiger partial charge in [0.05, 0.1) is 4.92 Å². The van der Waals surface area contributed by atoms with Crippen molar-refractivity contribution >= 4 is 11.5 Å². The third-order valence-corrected chi connectivity index (χ3v) is 3.11. The number of hydrogen-bond acceptors (Lipinski definition) is 3. The molecule has 2 aromatic rings. The molecule has 0 saturated carbocycles. The van der Waals surface area contributed by atoms with Gasteiger partial charge in [0, 0.05) is 18.6 Å². The number of aryl methyl sites for hydroxylation is 1. The highest BCUT2D eigenvalue weighted by Gasteiger charge is 2.07. The maximum Gasteiger partial charge on any atom is 0.270 e. The van der Waals surface area contributed by atoms with Gasteiger partial charge in [-0.15, -0.1) is 0 Å². The second-order valence-electron chi connectivity index (χ2n) is 4.71. The van der Waals surface area contributed by atoms with Crippen LogP contribution in [0.3, 0.4) is 0 Å². The highest BCUT2D eigenvalue weighted by atomic mass is 16.6. The SMILES string of the molecule is CC(=O)CCc1ccc(-c2cccc([N+](=O)[O-])c2)cc1. The zero-order chi connectivity index (χ0) is 14.5. The number of ketones is 1. The van der Waals surface area contributed by atoms with Crippen LogP contribution in [0.25, 0.3) is 11.1 Å². The van der Waals surface area contributed by atoms with Crippen molar-refractivity contribution in [1.29, 1.82) is 0 Å². The van der Waals surface area contributed by atoms with Crippen LogP contribution < -0.4 is 0 Å². The van der Waals surface area contributed by atoms with Gasteiger partial charge in [0.25, 0.3) is 5.69 Å². The Bertz CT molecular complexity index is 632. The number of carbonyl (C=O) groups excluding carboxylic acids is 1. The van der Waals surface area contributed by atoms with Crippen LogP contribution in [0.5, 0.6) is 0 Å². The first-order valence-electron chi connectivity index (χ1n) is 6.39. The molecule has 2 aromatic carbocycles. The molecule has 0 aliphatic heterocycles. The van der Waals surface area contributed by atoms with Gasteiger partial charge >= 0.3 is 0 Å². The number of rotatable bonds is 5. The molecule has 102 valence electrons. The van der Waals surface area contributed by atoms with E-state index in [0.717, 1.165) is 23.1 Å². The van der Waals surface area contributed by atoms with Crippen LogP contribution in [0.1, 0.15) is 18.9 Å². The maximum absolute atomic E-state index is 10.9. The maximum atomic E-state index is 10.9. The number of nitrogens with zero attached hydrogens (tertiary/aromatic N) is 1. The van der Waals surface area contributed by atoms with Crippen LogP contribution >= 0.6 is 0 Å². The molecule has 0 saturated heterocycles. The highest BCUT2D eigenvalue weighted by molar-refractivity contribution is 5.75. The van der Waals surface area contributed by atoms with Gasteiger partial charge in [0.1, 0.15) is 5.78 Å². The first kappa shape index (κ1) is 13.9. The van der Waals surface area contributed by atoms with Gasteiger partial charge in [0.15, 0.2) is 0 Å². The lowest BCUT2D eigenvalue weighted by molar-refractivity contribution is -0.384. The minimum Gasteiger partial charge on any atom is -0.300 e. The summed E-state index contributed by atoms with van der Waals surface area (Å²) in [6, 6.07) is 14.3. The lowest BCUT2D eigenvalue weighted by atomic mass is 10.0. The molecule has 0 aliphatic carbocycles. The highest BCUT2D eigenvalue weighted by Crippen LogP contribution is 2.24. The van der Waals surface area contributed by atoms with Gasteiger partial charge in [-0.3, -0.25) is 10.1 Å². The summed E-state index contributed by atoms with van der Waals surface area (Å²) in [6.45, 7) is 1.58. The fourth-order valence-corrected chi connectivity index (χ4v) is 1.98. The summed E-state index contributed by atoms with van der Waals surface area (Å²) in [5, 5.41) is 10.8. The normalized spacial score (nSPS) is 10.2. The molecule has 2 rings (SSSR count). The number of non-ortho nitro benzene ring substituents is 1. The van der Waals surface area contributed by atoms with E-state index < -0.39 is 4.92 Å². The Morgan fingerprint density at radius 2 is 1.80 bits per heavy atom. The van der Waals surface area contributed by atoms with Crippen molar-refractivity contribution in [2.45, 2.75) is 19.8 Å². The van der Waals surface area contributed by atoms with Crippen LogP contribution in [-0.4, -0.2) is 10.7 Å². The zero-order valence-electron chi connectivity index (χ0n) is 11.2. The summed E-state index contributed by atoms with van der Waals surface area (Å²) >= 11 is 0. The van der Waals surface area contributed by atoms with Gasteiger partial charge in [-0.25, -0.2) is 0 Å². The number of hydrogen-bond donors (Lipinski definition) is 0. The topological polar surface area (TPSA) is 60.2 Å². The van der Waals surface area contributed by atoms with E-state index in [0.29, 0.717) is 6.42 Å². The van der Waals surface area contributed by atoms with Crippen molar-refractivity contribution in [1.82, 2.24) is 0 Å². The molecule has 4 nitrogen and oxygen atoms in total. The van der Waals surface area contributed by atoms with E-state index in [-0.39, 0.29) is 11.5 Å². The molecule has 0 amide bonds. The summed E-state index contributed by atoms with van der Waals surface area (Å²) in [7, 11) is 0. The fourth-order valence-electron chi connectivity index (χ4n) is 1.98. The Kier molecular flexibility index (Phi) is 4.25. The van der Waals surface area contributed by atoms with E-state index >= 15 is 0 Å². The molecule has 20 heavy (non-hydrogen) atoms. The first-order valence-corrected chi connectivity index (χ1v) is 6.39. The first-order chi connectivity index (χ1) is 9.56. The monoisotopic (exact) mass is 269 g/mol. The summed E-state index contributed by atoms with van der Waals surface area (Å²) in [6.07, 6.45) is 1.26. The van der Waals surface area contributed by atoms with Gasteiger partial charge in [-0.2, -0.15) is 0 Å². The third-order valence-electron chi connectivity index (χ3n) is 3.11. The van der Waals surface area contributed by atoms with Crippen LogP contribution in [0.4, 0.5) is 5.69 Å². The van der Waals surface area contributed by atoms with Crippen LogP contribution in [0.2, 0.25) is 0 Å². The Morgan fingerprint density at radius 3 is 2.40 bits per heavy atom. The predicted octanol–water partition coefficient (Wildman–Crippen LogP) is 3.78. The fraction of sp³-hybridized carbons (Fsp3) is 0.188. The van der Waals surface area contributed by atoms with Crippen molar-refractivity contribution in [3.05, 3.63) is 64.2 Å². The molecule has 0 aliphatic rings. The van der Waals surface area contributed by atoms with Crippen molar-refractivity contribution in [2.75, 3.05) is 0 Å². The molecular formula is C16H15NO3. The molecular weight excluding hydrogens is 254 g/mol. The molecule has 0 atom stereocenters. The van der Waals surface area contributed by atoms with E-state index in [1.165, 1.54) is 6.07 Å². The molecule has 4 heteroatoms. The molecule has 0 aromatic heterocycles. The largest absolute Gasteiger partial charge is 0.300 e. The lowest BCUT2D eigenvalue weighted by Crippen LogP contribution is -1.93. The number of Topliss-reactive ketones (excluding diaryl/α,β-unsaturated/α-hetero) is 1. The molecule has 0 N–H and O–H groups in total. The second-order valence-corrected chi connectivity index (χ2v) is 4.71. The summed E-state index contributed by atoms with van der Waals surface area (Å²) in [4.78, 5) is 21.3. The minimum absolute atomic E-state index is 0.0863. The minimum atomic E-state index is -0.398. The second kappa shape index (κ2) is 6.10. The van der Waals surface area contributed by atoms with Crippen molar-refractivity contribution in [3.63, 3.8) is 0 Å². The zero-order valence-corrected chi connectivity index (χ0v) is 11.2. The average molecular weight is 269 g/mol. The van der Waals surface area contributed by atoms with Gasteiger partial charge in [0.2, 0.25) is 0 Å². The summed E-state index contributed by atoms with van der Waals surface area (Å²) in [5.41, 5.74) is 2.93. The molecule has 0 unspecified atom stereocenters. The predicted molar refractivity (Wildman–Crippen MR) is 77.5 cm³/mol. The summed E-state index contributed by atoms with van der Waals surface area (Å²) in [5.74, 6) is 0.174. The number of nitro groups is 1. The van der Waals surface area contributed by atoms with Crippen LogP contribution in [0, 0.1) is 10.1 Å². The van der Waals surface area contributed by atoms with Crippen LogP contribution in [-0.2, 0) is 11.2 Å². The Balaban J connectivity index is 2.19. The number of nitro benzene ring substituents is 1. The quantitative estimate of drug-likeness (QED) is 0.613. The van der Waals surface area contributed by atoms with E-state index in [2.05, 4.69) is 0 Å². The van der Waals surface area contributed by atoms with Gasteiger partial charge < -0.3 is 4.79 Å². The molecule has 0 bridgehead atoms. The van der Waals surface area contributed by atoms with E-state index in [9.17, 15) is 14.9 Å². The van der Waals surface area contributed by atoms with E-state index in [1.54, 1.807) is 19.1 Å². The number of carbonyl (C=O) groups is 1. The lowest BCUT2D eigenvalue weighted by Gasteiger charge is -2.04. The van der Waals surface area contributed by atoms with Crippen molar-refractivity contribution < 1.29 is 9.72 Å². The molecule has 0 radical (unpaired) electrons. The molecule has 0 spiro atoms. The molecule has 0 fully saturated rings. The van der Waals surface area contributed by atoms with E-state index in [1.807, 2.05) is 30.3 Å². The average Bonchev–Trinajstić information content (AvgIpc) is 2.46. The van der Waals surface area contributed by atoms with Crippen molar-refractivity contribution in [2.24, 2.45) is 0 Å². The van der Waals surface area contributed by atoms with Gasteiger partial charge in [-0.1, -0.05) is 36.4 Å². The van der Waals surface area contributed by atoms with Crippen molar-refractivity contribution in [3.8, 4) is 11.1 Å². The Hall–Kier alpha value is -2.49. The summed E-state index contributed by atoms with van der Waals surface area (Å²) < 4.78 is 0. The Morgan fingerprint density at radius 1 is 1.10 bits per heavy atom. The number of benzene rings is 2. The van der Waals surface area contributed by atoms with Crippen LogP contribution in [0.15, 0.2) is 48.5 Å². The molecule has 0 heterocycles. The standard InChI is InChI=1S/C16H15NO3/c1-12(18)5-6-13-7-9-14(10-8-13)15-3-2-4-16(11-15)17(19)20/h2-4,7-11H,5-6H2,1H3. The third kappa shape index (κ3) is 3.51. The Labute approximate surface area is 117 Å². The van der Waals surface area contributed by atoms with Gasteiger partial charge in [-0.05, 0) is 30.0 Å². The van der Waals surface area contributed by atoms with E-state index in [4.69, 9.17) is 0 Å². The smallest absolute Gasteiger partial charge is 0.270 e.